The minimum Gasteiger partial charge on any atom is -0.363 e. The van der Waals surface area contributed by atoms with Gasteiger partial charge in [-0.2, -0.15) is 0 Å². The predicted octanol–water partition coefficient (Wildman–Crippen LogP) is 1.63. The number of aliphatic imine (C=N–C) groups is 1. The highest BCUT2D eigenvalue weighted by molar-refractivity contribution is 8.14. The van der Waals surface area contributed by atoms with E-state index in [1.165, 1.54) is 5.56 Å². The number of thioether (sulfide) groups is 1. The maximum Gasteiger partial charge on any atom is 0.237 e. The third-order valence-electron chi connectivity index (χ3n) is 3.14. The van der Waals surface area contributed by atoms with E-state index < -0.39 is 0 Å². The standard InChI is InChI=1S/C13H15N3OS/c17-12-11(18-13-14-7-8-15-13)6-5-9-3-1-2-4-10(9)16-12/h1-4,11H,5-8H2,(H,14,15)(H,16,17). The second-order valence-electron chi connectivity index (χ2n) is 4.41. The van der Waals surface area contributed by atoms with Gasteiger partial charge in [0.25, 0.3) is 0 Å². The van der Waals surface area contributed by atoms with E-state index in [-0.39, 0.29) is 11.2 Å². The zero-order valence-corrected chi connectivity index (χ0v) is 10.8. The van der Waals surface area contributed by atoms with Gasteiger partial charge in [-0.15, -0.1) is 0 Å². The number of hydrogen-bond donors (Lipinski definition) is 2. The predicted molar refractivity (Wildman–Crippen MR) is 75.1 cm³/mol. The van der Waals surface area contributed by atoms with Gasteiger partial charge in [-0.1, -0.05) is 30.0 Å². The van der Waals surface area contributed by atoms with E-state index in [9.17, 15) is 4.79 Å². The number of para-hydroxylation sites is 1. The Morgan fingerprint density at radius 2 is 2.22 bits per heavy atom. The van der Waals surface area contributed by atoms with Gasteiger partial charge in [0.2, 0.25) is 5.91 Å². The number of amidine groups is 1. The summed E-state index contributed by atoms with van der Waals surface area (Å²) in [6.45, 7) is 1.70. The fraction of sp³-hybridized carbons (Fsp3) is 0.385. The highest BCUT2D eigenvalue weighted by atomic mass is 32.2. The second kappa shape index (κ2) is 5.02. The van der Waals surface area contributed by atoms with Gasteiger partial charge in [0, 0.05) is 12.2 Å². The fourth-order valence-corrected chi connectivity index (χ4v) is 3.22. The number of carbonyl (C=O) groups excluding carboxylic acids is 1. The molecular formula is C13H15N3OS. The van der Waals surface area contributed by atoms with Gasteiger partial charge >= 0.3 is 0 Å². The minimum atomic E-state index is -0.0539. The molecule has 4 nitrogen and oxygen atoms in total. The first-order chi connectivity index (χ1) is 8.83. The number of amides is 1. The molecule has 0 bridgehead atoms. The summed E-state index contributed by atoms with van der Waals surface area (Å²) in [6, 6.07) is 8.01. The lowest BCUT2D eigenvalue weighted by Crippen LogP contribution is -2.27. The Bertz CT molecular complexity index is 501. The Labute approximate surface area is 110 Å². The Morgan fingerprint density at radius 1 is 1.33 bits per heavy atom. The Balaban J connectivity index is 1.74. The van der Waals surface area contributed by atoms with E-state index >= 15 is 0 Å². The zero-order valence-electron chi connectivity index (χ0n) is 9.98. The number of aryl methyl sites for hydroxylation is 1. The molecule has 2 aliphatic heterocycles. The Morgan fingerprint density at radius 3 is 3.06 bits per heavy atom. The summed E-state index contributed by atoms with van der Waals surface area (Å²) in [5.41, 5.74) is 2.17. The number of carbonyl (C=O) groups is 1. The van der Waals surface area contributed by atoms with Crippen molar-refractivity contribution in [3.05, 3.63) is 29.8 Å². The summed E-state index contributed by atoms with van der Waals surface area (Å²) in [5.74, 6) is 0.0846. The lowest BCUT2D eigenvalue weighted by Gasteiger charge is -2.12. The quantitative estimate of drug-likeness (QED) is 0.808. The Hall–Kier alpha value is -1.49. The fourth-order valence-electron chi connectivity index (χ4n) is 2.19. The number of anilines is 1. The lowest BCUT2D eigenvalue weighted by molar-refractivity contribution is -0.115. The van der Waals surface area contributed by atoms with Crippen LogP contribution in [-0.2, 0) is 11.2 Å². The highest BCUT2D eigenvalue weighted by Crippen LogP contribution is 2.27. The third-order valence-corrected chi connectivity index (χ3v) is 4.37. The number of rotatable bonds is 1. The number of benzene rings is 1. The monoisotopic (exact) mass is 261 g/mol. The van der Waals surface area contributed by atoms with Crippen molar-refractivity contribution >= 4 is 28.5 Å². The van der Waals surface area contributed by atoms with Crippen molar-refractivity contribution in [1.29, 1.82) is 0 Å². The molecule has 94 valence electrons. The van der Waals surface area contributed by atoms with E-state index in [1.807, 2.05) is 18.2 Å². The van der Waals surface area contributed by atoms with Crippen LogP contribution in [0.4, 0.5) is 5.69 Å². The van der Waals surface area contributed by atoms with Crippen LogP contribution in [0.2, 0.25) is 0 Å². The largest absolute Gasteiger partial charge is 0.363 e. The number of nitrogens with zero attached hydrogens (tertiary/aromatic N) is 1. The highest BCUT2D eigenvalue weighted by Gasteiger charge is 2.26. The molecule has 3 rings (SSSR count). The van der Waals surface area contributed by atoms with E-state index in [2.05, 4.69) is 21.7 Å². The summed E-state index contributed by atoms with van der Waals surface area (Å²) in [7, 11) is 0. The molecular weight excluding hydrogens is 246 g/mol. The molecule has 0 saturated heterocycles. The molecule has 1 atom stereocenters. The van der Waals surface area contributed by atoms with Crippen molar-refractivity contribution in [1.82, 2.24) is 5.32 Å². The SMILES string of the molecule is O=C1Nc2ccccc2CCC1SC1=NCCN1. The van der Waals surface area contributed by atoms with E-state index in [4.69, 9.17) is 0 Å². The van der Waals surface area contributed by atoms with E-state index in [1.54, 1.807) is 11.8 Å². The van der Waals surface area contributed by atoms with Crippen LogP contribution in [0.5, 0.6) is 0 Å². The molecule has 18 heavy (non-hydrogen) atoms. The summed E-state index contributed by atoms with van der Waals surface area (Å²) in [6.07, 6.45) is 1.79. The lowest BCUT2D eigenvalue weighted by atomic mass is 10.1. The van der Waals surface area contributed by atoms with Crippen molar-refractivity contribution < 1.29 is 4.79 Å². The molecule has 2 N–H and O–H groups in total. The van der Waals surface area contributed by atoms with Gasteiger partial charge in [-0.3, -0.25) is 9.79 Å². The van der Waals surface area contributed by atoms with Crippen LogP contribution in [0.3, 0.4) is 0 Å². The van der Waals surface area contributed by atoms with Crippen molar-refractivity contribution in [3.8, 4) is 0 Å². The number of nitrogens with one attached hydrogen (secondary N) is 2. The molecule has 5 heteroatoms. The van der Waals surface area contributed by atoms with Crippen molar-refractivity contribution in [2.75, 3.05) is 18.4 Å². The Kier molecular flexibility index (Phi) is 3.23. The maximum absolute atomic E-state index is 12.2. The van der Waals surface area contributed by atoms with Gasteiger partial charge in [-0.05, 0) is 24.5 Å². The van der Waals surface area contributed by atoms with Gasteiger partial charge in [0.05, 0.1) is 11.8 Å². The van der Waals surface area contributed by atoms with Gasteiger partial charge < -0.3 is 10.6 Å². The van der Waals surface area contributed by atoms with Gasteiger partial charge in [0.1, 0.15) is 0 Å². The molecule has 0 spiro atoms. The molecule has 1 unspecified atom stereocenters. The van der Waals surface area contributed by atoms with Crippen molar-refractivity contribution in [2.24, 2.45) is 4.99 Å². The van der Waals surface area contributed by atoms with Crippen molar-refractivity contribution in [2.45, 2.75) is 18.1 Å². The molecule has 0 aliphatic carbocycles. The number of hydrogen-bond acceptors (Lipinski definition) is 4. The summed E-state index contributed by atoms with van der Waals surface area (Å²) in [5, 5.41) is 7.05. The number of fused-ring (bicyclic) bond motifs is 1. The molecule has 0 aromatic heterocycles. The molecule has 0 fully saturated rings. The zero-order chi connectivity index (χ0) is 12.4. The maximum atomic E-state index is 12.2. The van der Waals surface area contributed by atoms with Crippen LogP contribution in [0, 0.1) is 0 Å². The molecule has 1 aromatic rings. The van der Waals surface area contributed by atoms with Gasteiger partial charge in [-0.25, -0.2) is 0 Å². The van der Waals surface area contributed by atoms with Crippen LogP contribution in [0.25, 0.3) is 0 Å². The van der Waals surface area contributed by atoms with Gasteiger partial charge in [0.15, 0.2) is 5.17 Å². The van der Waals surface area contributed by atoms with E-state index in [0.717, 1.165) is 36.8 Å². The van der Waals surface area contributed by atoms with E-state index in [0.29, 0.717) is 0 Å². The minimum absolute atomic E-state index is 0.0539. The first-order valence-electron chi connectivity index (χ1n) is 6.17. The average molecular weight is 261 g/mol. The van der Waals surface area contributed by atoms with Crippen LogP contribution in [0.1, 0.15) is 12.0 Å². The molecule has 2 aliphatic rings. The van der Waals surface area contributed by atoms with Crippen molar-refractivity contribution in [3.63, 3.8) is 0 Å². The normalized spacial score (nSPS) is 22.6. The third kappa shape index (κ3) is 2.36. The molecule has 2 heterocycles. The molecule has 1 aromatic carbocycles. The van der Waals surface area contributed by atoms with Crippen LogP contribution in [-0.4, -0.2) is 29.4 Å². The first kappa shape index (κ1) is 11.6. The topological polar surface area (TPSA) is 53.5 Å². The molecule has 0 radical (unpaired) electrons. The molecule has 0 saturated carbocycles. The van der Waals surface area contributed by atoms with Crippen LogP contribution in [0.15, 0.2) is 29.3 Å². The summed E-state index contributed by atoms with van der Waals surface area (Å²) in [4.78, 5) is 16.5. The van der Waals surface area contributed by atoms with Crippen LogP contribution >= 0.6 is 11.8 Å². The smallest absolute Gasteiger partial charge is 0.237 e. The summed E-state index contributed by atoms with van der Waals surface area (Å²) >= 11 is 1.55. The van der Waals surface area contributed by atoms with Crippen LogP contribution < -0.4 is 10.6 Å². The second-order valence-corrected chi connectivity index (χ2v) is 5.60. The average Bonchev–Trinajstić information content (AvgIpc) is 2.83. The first-order valence-corrected chi connectivity index (χ1v) is 7.04. The summed E-state index contributed by atoms with van der Waals surface area (Å²) < 4.78 is 0. The molecule has 1 amide bonds.